The lowest BCUT2D eigenvalue weighted by Gasteiger charge is -2.12. The monoisotopic (exact) mass is 351 g/mol. The number of rotatable bonds is 6. The van der Waals surface area contributed by atoms with Crippen LogP contribution >= 0.6 is 12.0 Å². The van der Waals surface area contributed by atoms with Gasteiger partial charge in [-0.25, -0.2) is 0 Å². The van der Waals surface area contributed by atoms with E-state index in [0.717, 1.165) is 22.3 Å². The standard InChI is InChI=1S/C20H17NO3S/c1-15-8-5-6-11-17(15)18-12-7-13-19(21(22)23)20(18)24-25-14-16-9-3-2-4-10-16/h2-13H,14H2,1H3. The number of hydrogen-bond acceptors (Lipinski definition) is 4. The summed E-state index contributed by atoms with van der Waals surface area (Å²) in [4.78, 5) is 11.0. The Morgan fingerprint density at radius 2 is 1.60 bits per heavy atom. The molecule has 0 aliphatic carbocycles. The van der Waals surface area contributed by atoms with Crippen LogP contribution in [0.4, 0.5) is 5.69 Å². The van der Waals surface area contributed by atoms with Crippen LogP contribution in [0.1, 0.15) is 11.1 Å². The van der Waals surface area contributed by atoms with Gasteiger partial charge in [-0.15, -0.1) is 0 Å². The van der Waals surface area contributed by atoms with E-state index >= 15 is 0 Å². The lowest BCUT2D eigenvalue weighted by molar-refractivity contribution is -0.385. The fourth-order valence-electron chi connectivity index (χ4n) is 2.57. The highest BCUT2D eigenvalue weighted by molar-refractivity contribution is 7.94. The third-order valence-electron chi connectivity index (χ3n) is 3.84. The van der Waals surface area contributed by atoms with E-state index < -0.39 is 4.92 Å². The van der Waals surface area contributed by atoms with E-state index in [-0.39, 0.29) is 5.69 Å². The van der Waals surface area contributed by atoms with Crippen LogP contribution in [0.25, 0.3) is 11.1 Å². The van der Waals surface area contributed by atoms with Gasteiger partial charge in [-0.3, -0.25) is 10.1 Å². The van der Waals surface area contributed by atoms with Crippen LogP contribution in [0.3, 0.4) is 0 Å². The summed E-state index contributed by atoms with van der Waals surface area (Å²) in [6.45, 7) is 1.98. The number of benzene rings is 3. The molecule has 0 amide bonds. The molecule has 0 atom stereocenters. The summed E-state index contributed by atoms with van der Waals surface area (Å²) >= 11 is 1.20. The summed E-state index contributed by atoms with van der Waals surface area (Å²) in [5, 5.41) is 11.4. The molecule has 0 radical (unpaired) electrons. The predicted octanol–water partition coefficient (Wildman–Crippen LogP) is 5.80. The van der Waals surface area contributed by atoms with Crippen LogP contribution in [0.2, 0.25) is 0 Å². The maximum Gasteiger partial charge on any atom is 0.313 e. The molecule has 0 aliphatic rings. The van der Waals surface area contributed by atoms with Gasteiger partial charge in [0, 0.05) is 11.6 Å². The van der Waals surface area contributed by atoms with Gasteiger partial charge >= 0.3 is 5.69 Å². The van der Waals surface area contributed by atoms with Crippen LogP contribution in [0.5, 0.6) is 5.75 Å². The minimum absolute atomic E-state index is 0.0266. The maximum absolute atomic E-state index is 11.4. The van der Waals surface area contributed by atoms with Crippen LogP contribution in [-0.2, 0) is 5.75 Å². The highest BCUT2D eigenvalue weighted by atomic mass is 32.2. The molecule has 0 unspecified atom stereocenters. The molecular formula is C20H17NO3S. The van der Waals surface area contributed by atoms with Gasteiger partial charge in [0.1, 0.15) is 0 Å². The largest absolute Gasteiger partial charge is 0.418 e. The molecule has 0 aliphatic heterocycles. The first-order valence-electron chi connectivity index (χ1n) is 7.83. The van der Waals surface area contributed by atoms with Crippen LogP contribution < -0.4 is 4.18 Å². The molecule has 0 heterocycles. The van der Waals surface area contributed by atoms with Crippen molar-refractivity contribution in [1.29, 1.82) is 0 Å². The Hall–Kier alpha value is -2.79. The van der Waals surface area contributed by atoms with Crippen molar-refractivity contribution in [3.05, 3.63) is 94.0 Å². The van der Waals surface area contributed by atoms with E-state index in [9.17, 15) is 10.1 Å². The van der Waals surface area contributed by atoms with E-state index in [1.807, 2.05) is 67.6 Å². The second kappa shape index (κ2) is 7.85. The second-order valence-corrected chi connectivity index (χ2v) is 6.25. The van der Waals surface area contributed by atoms with Crippen LogP contribution in [0.15, 0.2) is 72.8 Å². The zero-order chi connectivity index (χ0) is 17.6. The maximum atomic E-state index is 11.4. The Morgan fingerprint density at radius 3 is 2.32 bits per heavy atom. The van der Waals surface area contributed by atoms with Crippen LogP contribution in [0, 0.1) is 17.0 Å². The quantitative estimate of drug-likeness (QED) is 0.320. The van der Waals surface area contributed by atoms with Gasteiger partial charge in [-0.05, 0) is 23.6 Å². The molecule has 0 spiro atoms. The number of nitrogens with zero attached hydrogens (tertiary/aromatic N) is 1. The summed E-state index contributed by atoms with van der Waals surface area (Å²) in [6.07, 6.45) is 0. The van der Waals surface area contributed by atoms with Crippen molar-refractivity contribution in [2.75, 3.05) is 0 Å². The molecule has 0 saturated carbocycles. The van der Waals surface area contributed by atoms with Gasteiger partial charge in [0.05, 0.1) is 22.7 Å². The Bertz CT molecular complexity index is 881. The average molecular weight is 351 g/mol. The normalized spacial score (nSPS) is 10.4. The molecule has 0 fully saturated rings. The van der Waals surface area contributed by atoms with E-state index in [1.165, 1.54) is 18.1 Å². The first-order valence-corrected chi connectivity index (χ1v) is 8.74. The van der Waals surface area contributed by atoms with Crippen molar-refractivity contribution in [2.45, 2.75) is 12.7 Å². The smallest absolute Gasteiger partial charge is 0.313 e. The molecule has 0 aromatic heterocycles. The Labute approximate surface area is 150 Å². The van der Waals surface area contributed by atoms with Gasteiger partial charge in [-0.2, -0.15) is 0 Å². The van der Waals surface area contributed by atoms with Crippen molar-refractivity contribution in [1.82, 2.24) is 0 Å². The van der Waals surface area contributed by atoms with Crippen LogP contribution in [-0.4, -0.2) is 4.92 Å². The highest BCUT2D eigenvalue weighted by Gasteiger charge is 2.21. The predicted molar refractivity (Wildman–Crippen MR) is 102 cm³/mol. The zero-order valence-corrected chi connectivity index (χ0v) is 14.5. The third kappa shape index (κ3) is 4.00. The van der Waals surface area contributed by atoms with Crippen molar-refractivity contribution in [3.63, 3.8) is 0 Å². The Kier molecular flexibility index (Phi) is 5.36. The molecule has 3 aromatic rings. The number of nitro benzene ring substituents is 1. The summed E-state index contributed by atoms with van der Waals surface area (Å²) in [7, 11) is 0. The van der Waals surface area contributed by atoms with E-state index in [0.29, 0.717) is 11.5 Å². The van der Waals surface area contributed by atoms with Crippen molar-refractivity contribution in [3.8, 4) is 16.9 Å². The second-order valence-electron chi connectivity index (χ2n) is 5.56. The molecule has 0 bridgehead atoms. The first-order chi connectivity index (χ1) is 12.2. The van der Waals surface area contributed by atoms with E-state index in [1.54, 1.807) is 6.07 Å². The Morgan fingerprint density at radius 1 is 0.920 bits per heavy atom. The van der Waals surface area contributed by atoms with E-state index in [4.69, 9.17) is 4.18 Å². The van der Waals surface area contributed by atoms with Gasteiger partial charge in [0.15, 0.2) is 0 Å². The summed E-state index contributed by atoms with van der Waals surface area (Å²) in [5.41, 5.74) is 3.78. The molecule has 5 heteroatoms. The minimum atomic E-state index is -0.403. The molecule has 4 nitrogen and oxygen atoms in total. The van der Waals surface area contributed by atoms with Gasteiger partial charge in [-0.1, -0.05) is 66.7 Å². The molecular weight excluding hydrogens is 334 g/mol. The molecule has 3 rings (SSSR count). The fraction of sp³-hybridized carbons (Fsp3) is 0.100. The first kappa shape index (κ1) is 17.0. The summed E-state index contributed by atoms with van der Waals surface area (Å²) < 4.78 is 5.82. The van der Waals surface area contributed by atoms with Crippen molar-refractivity contribution < 1.29 is 9.11 Å². The number of nitro groups is 1. The van der Waals surface area contributed by atoms with Gasteiger partial charge < -0.3 is 4.18 Å². The SMILES string of the molecule is Cc1ccccc1-c1cccc([N+](=O)[O-])c1OSCc1ccccc1. The molecule has 25 heavy (non-hydrogen) atoms. The topological polar surface area (TPSA) is 52.4 Å². The third-order valence-corrected chi connectivity index (χ3v) is 4.57. The Balaban J connectivity index is 1.93. The van der Waals surface area contributed by atoms with Crippen molar-refractivity contribution in [2.24, 2.45) is 0 Å². The lowest BCUT2D eigenvalue weighted by Crippen LogP contribution is -1.96. The number of para-hydroxylation sites is 1. The molecule has 0 N–H and O–H groups in total. The average Bonchev–Trinajstić information content (AvgIpc) is 2.63. The number of aryl methyl sites for hydroxylation is 1. The summed E-state index contributed by atoms with van der Waals surface area (Å²) in [5.74, 6) is 0.905. The fourth-order valence-corrected chi connectivity index (χ4v) is 3.25. The minimum Gasteiger partial charge on any atom is -0.418 e. The molecule has 126 valence electrons. The van der Waals surface area contributed by atoms with Gasteiger partial charge in [0.2, 0.25) is 5.75 Å². The summed E-state index contributed by atoms with van der Waals surface area (Å²) in [6, 6.07) is 22.7. The molecule has 3 aromatic carbocycles. The lowest BCUT2D eigenvalue weighted by atomic mass is 9.99. The molecule has 0 saturated heterocycles. The van der Waals surface area contributed by atoms with Gasteiger partial charge in [0.25, 0.3) is 0 Å². The highest BCUT2D eigenvalue weighted by Crippen LogP contribution is 2.41. The van der Waals surface area contributed by atoms with E-state index in [2.05, 4.69) is 0 Å². The number of hydrogen-bond donors (Lipinski definition) is 0. The zero-order valence-electron chi connectivity index (χ0n) is 13.7. The van der Waals surface area contributed by atoms with Crippen molar-refractivity contribution >= 4 is 17.7 Å².